The van der Waals surface area contributed by atoms with Crippen molar-refractivity contribution in [2.24, 2.45) is 0 Å². The summed E-state index contributed by atoms with van der Waals surface area (Å²) in [7, 11) is 0. The maximum Gasteiger partial charge on any atom is 0.255 e. The number of anilines is 2. The number of aryl methyl sites for hydroxylation is 1. The van der Waals surface area contributed by atoms with Crippen LogP contribution in [-0.2, 0) is 0 Å². The highest BCUT2D eigenvalue weighted by atomic mass is 79.9. The fourth-order valence-electron chi connectivity index (χ4n) is 1.65. The molecule has 4 heteroatoms. The summed E-state index contributed by atoms with van der Waals surface area (Å²) in [5, 5.41) is 2.87. The number of hydrogen-bond acceptors (Lipinski definition) is 2. The van der Waals surface area contributed by atoms with Crippen molar-refractivity contribution in [1.82, 2.24) is 0 Å². The highest BCUT2D eigenvalue weighted by Crippen LogP contribution is 2.19. The second-order valence-electron chi connectivity index (χ2n) is 4.04. The van der Waals surface area contributed by atoms with Gasteiger partial charge in [0.05, 0.1) is 0 Å². The highest BCUT2D eigenvalue weighted by molar-refractivity contribution is 9.10. The van der Waals surface area contributed by atoms with Crippen LogP contribution < -0.4 is 11.1 Å². The third-order valence-electron chi connectivity index (χ3n) is 2.58. The zero-order chi connectivity index (χ0) is 13.1. The van der Waals surface area contributed by atoms with Crippen molar-refractivity contribution in [3.05, 3.63) is 58.1 Å². The maximum atomic E-state index is 12.1. The third kappa shape index (κ3) is 2.90. The monoisotopic (exact) mass is 304 g/mol. The van der Waals surface area contributed by atoms with Gasteiger partial charge in [-0.15, -0.1) is 0 Å². The predicted octanol–water partition coefficient (Wildman–Crippen LogP) is 3.59. The second-order valence-corrected chi connectivity index (χ2v) is 4.96. The lowest BCUT2D eigenvalue weighted by atomic mass is 10.1. The fourth-order valence-corrected chi connectivity index (χ4v) is 2.16. The fraction of sp³-hybridized carbons (Fsp3) is 0.0714. The third-order valence-corrected chi connectivity index (χ3v) is 3.03. The molecule has 0 aliphatic heterocycles. The van der Waals surface area contributed by atoms with E-state index in [1.54, 1.807) is 18.2 Å². The van der Waals surface area contributed by atoms with Gasteiger partial charge >= 0.3 is 0 Å². The molecule has 0 atom stereocenters. The molecule has 0 aliphatic rings. The van der Waals surface area contributed by atoms with Crippen LogP contribution in [0.5, 0.6) is 0 Å². The van der Waals surface area contributed by atoms with Crippen molar-refractivity contribution in [1.29, 1.82) is 0 Å². The number of nitrogen functional groups attached to an aromatic ring is 1. The smallest absolute Gasteiger partial charge is 0.255 e. The lowest BCUT2D eigenvalue weighted by Crippen LogP contribution is -2.13. The van der Waals surface area contributed by atoms with E-state index < -0.39 is 0 Å². The minimum Gasteiger partial charge on any atom is -0.399 e. The SMILES string of the molecule is Cc1ccccc1NC(=O)c1cc(N)cc(Br)c1. The summed E-state index contributed by atoms with van der Waals surface area (Å²) in [5.41, 5.74) is 8.63. The molecule has 2 aromatic carbocycles. The summed E-state index contributed by atoms with van der Waals surface area (Å²) >= 11 is 3.32. The van der Waals surface area contributed by atoms with Crippen LogP contribution >= 0.6 is 15.9 Å². The molecule has 92 valence electrons. The van der Waals surface area contributed by atoms with Gasteiger partial charge in [0.15, 0.2) is 0 Å². The van der Waals surface area contributed by atoms with Gasteiger partial charge in [-0.05, 0) is 36.8 Å². The van der Waals surface area contributed by atoms with Crippen molar-refractivity contribution >= 4 is 33.2 Å². The summed E-state index contributed by atoms with van der Waals surface area (Å²) in [6.07, 6.45) is 0. The number of carbonyl (C=O) groups excluding carboxylic acids is 1. The Kier molecular flexibility index (Phi) is 3.67. The van der Waals surface area contributed by atoms with E-state index in [0.717, 1.165) is 15.7 Å². The molecule has 3 nitrogen and oxygen atoms in total. The minimum atomic E-state index is -0.169. The van der Waals surface area contributed by atoms with Crippen molar-refractivity contribution in [2.75, 3.05) is 11.1 Å². The number of rotatable bonds is 2. The van der Waals surface area contributed by atoms with E-state index in [0.29, 0.717) is 11.3 Å². The molecule has 2 aromatic rings. The molecule has 0 unspecified atom stereocenters. The van der Waals surface area contributed by atoms with Crippen molar-refractivity contribution < 1.29 is 4.79 Å². The Bertz CT molecular complexity index is 576. The number of nitrogens with one attached hydrogen (secondary N) is 1. The van der Waals surface area contributed by atoms with Crippen molar-refractivity contribution in [2.45, 2.75) is 6.92 Å². The van der Waals surface area contributed by atoms with Gasteiger partial charge in [0.2, 0.25) is 0 Å². The van der Waals surface area contributed by atoms with E-state index >= 15 is 0 Å². The van der Waals surface area contributed by atoms with Crippen LogP contribution in [0.25, 0.3) is 0 Å². The quantitative estimate of drug-likeness (QED) is 0.833. The minimum absolute atomic E-state index is 0.169. The van der Waals surface area contributed by atoms with E-state index in [-0.39, 0.29) is 5.91 Å². The Morgan fingerprint density at radius 1 is 1.22 bits per heavy atom. The molecule has 2 rings (SSSR count). The predicted molar refractivity (Wildman–Crippen MR) is 77.7 cm³/mol. The normalized spacial score (nSPS) is 10.1. The standard InChI is InChI=1S/C14H13BrN2O/c1-9-4-2-3-5-13(9)17-14(18)10-6-11(15)8-12(16)7-10/h2-8H,16H2,1H3,(H,17,18). The Hall–Kier alpha value is -1.81. The van der Waals surface area contributed by atoms with Gasteiger partial charge in [-0.2, -0.15) is 0 Å². The zero-order valence-electron chi connectivity index (χ0n) is 9.91. The average molecular weight is 305 g/mol. The number of nitrogens with two attached hydrogens (primary N) is 1. The number of amides is 1. The number of para-hydroxylation sites is 1. The molecule has 3 N–H and O–H groups in total. The van der Waals surface area contributed by atoms with E-state index in [2.05, 4.69) is 21.2 Å². The summed E-state index contributed by atoms with van der Waals surface area (Å²) < 4.78 is 0.789. The molecule has 1 amide bonds. The number of hydrogen-bond donors (Lipinski definition) is 2. The van der Waals surface area contributed by atoms with Crippen LogP contribution in [0.4, 0.5) is 11.4 Å². The average Bonchev–Trinajstić information content (AvgIpc) is 2.31. The van der Waals surface area contributed by atoms with Crippen LogP contribution in [0.2, 0.25) is 0 Å². The van der Waals surface area contributed by atoms with E-state index in [1.807, 2.05) is 31.2 Å². The molecule has 0 bridgehead atoms. The van der Waals surface area contributed by atoms with Crippen molar-refractivity contribution in [3.8, 4) is 0 Å². The Morgan fingerprint density at radius 2 is 1.94 bits per heavy atom. The summed E-state index contributed by atoms with van der Waals surface area (Å²) in [6.45, 7) is 1.95. The van der Waals surface area contributed by atoms with Crippen LogP contribution in [-0.4, -0.2) is 5.91 Å². The van der Waals surface area contributed by atoms with Crippen LogP contribution in [0.3, 0.4) is 0 Å². The maximum absolute atomic E-state index is 12.1. The van der Waals surface area contributed by atoms with Crippen LogP contribution in [0, 0.1) is 6.92 Å². The Labute approximate surface area is 114 Å². The molecule has 0 saturated carbocycles. The van der Waals surface area contributed by atoms with Gasteiger partial charge in [-0.3, -0.25) is 4.79 Å². The highest BCUT2D eigenvalue weighted by Gasteiger charge is 2.08. The lowest BCUT2D eigenvalue weighted by molar-refractivity contribution is 0.102. The number of carbonyl (C=O) groups is 1. The summed E-state index contributed by atoms with van der Waals surface area (Å²) in [5.74, 6) is -0.169. The first kappa shape index (κ1) is 12.6. The van der Waals surface area contributed by atoms with Gasteiger partial charge in [0.1, 0.15) is 0 Å². The Morgan fingerprint density at radius 3 is 2.61 bits per heavy atom. The molecule has 18 heavy (non-hydrogen) atoms. The van der Waals surface area contributed by atoms with E-state index in [4.69, 9.17) is 5.73 Å². The van der Waals surface area contributed by atoms with Gasteiger partial charge in [0.25, 0.3) is 5.91 Å². The molecule has 0 aliphatic carbocycles. The second kappa shape index (κ2) is 5.23. The van der Waals surface area contributed by atoms with E-state index in [1.165, 1.54) is 0 Å². The van der Waals surface area contributed by atoms with Crippen molar-refractivity contribution in [3.63, 3.8) is 0 Å². The topological polar surface area (TPSA) is 55.1 Å². The van der Waals surface area contributed by atoms with E-state index in [9.17, 15) is 4.79 Å². The first-order chi connectivity index (χ1) is 8.56. The zero-order valence-corrected chi connectivity index (χ0v) is 11.5. The first-order valence-corrected chi connectivity index (χ1v) is 6.28. The van der Waals surface area contributed by atoms with Gasteiger partial charge in [-0.25, -0.2) is 0 Å². The molecular weight excluding hydrogens is 292 g/mol. The van der Waals surface area contributed by atoms with Crippen LogP contribution in [0.1, 0.15) is 15.9 Å². The molecule has 0 radical (unpaired) electrons. The molecule has 0 fully saturated rings. The number of halogens is 1. The van der Waals surface area contributed by atoms with Gasteiger partial charge in [-0.1, -0.05) is 34.1 Å². The summed E-state index contributed by atoms with van der Waals surface area (Å²) in [4.78, 5) is 12.1. The van der Waals surface area contributed by atoms with Gasteiger partial charge in [0, 0.05) is 21.4 Å². The lowest BCUT2D eigenvalue weighted by Gasteiger charge is -2.08. The molecule has 0 spiro atoms. The Balaban J connectivity index is 2.25. The van der Waals surface area contributed by atoms with Crippen LogP contribution in [0.15, 0.2) is 46.9 Å². The van der Waals surface area contributed by atoms with Gasteiger partial charge < -0.3 is 11.1 Å². The molecule has 0 heterocycles. The molecule has 0 aromatic heterocycles. The number of benzene rings is 2. The largest absolute Gasteiger partial charge is 0.399 e. The molecular formula is C14H13BrN2O. The molecule has 0 saturated heterocycles. The summed E-state index contributed by atoms with van der Waals surface area (Å²) in [6, 6.07) is 12.8. The first-order valence-electron chi connectivity index (χ1n) is 5.49.